The molecule has 10 nitrogen and oxygen atoms in total. The van der Waals surface area contributed by atoms with Crippen LogP contribution in [0.2, 0.25) is 0 Å². The number of hydrogen-bond donors (Lipinski definition) is 3. The minimum Gasteiger partial charge on any atom is -0.480 e. The SMILES string of the molecule is CC/C=C\C/C=C\C/C=C\C/C=C\C/C=C\CCCC(=O)OC(COCCCCCCCCCC/C=C\CCCCCCCC)COP(=O)(O)OCC(N)C(=O)O. The number of carboxylic acids is 1. The van der Waals surface area contributed by atoms with E-state index in [1.807, 2.05) is 6.08 Å². The van der Waals surface area contributed by atoms with Crippen molar-refractivity contribution < 1.29 is 42.7 Å². The fourth-order valence-corrected chi connectivity index (χ4v) is 6.35. The second-order valence-electron chi connectivity index (χ2n) is 14.4. The third kappa shape index (κ3) is 41.4. The van der Waals surface area contributed by atoms with E-state index >= 15 is 0 Å². The van der Waals surface area contributed by atoms with E-state index in [2.05, 4.69) is 80.7 Å². The van der Waals surface area contributed by atoms with Gasteiger partial charge in [-0.3, -0.25) is 18.6 Å². The highest BCUT2D eigenvalue weighted by Crippen LogP contribution is 2.43. The standard InChI is InChI=1S/C46H80NO9P/c1-3-5-7-9-11-13-15-17-19-21-23-25-27-29-31-33-35-37-39-53-40-43(41-54-57(51,52)55-42-44(47)46(49)50)56-45(48)38-36-34-32-30-28-26-24-22-20-18-16-14-12-10-8-6-4-2/h6,8,12,14,17-20,24,26,30,32,43-44H,3-5,7,9-11,13,15-16,21-23,25,27-29,31,33-42,47H2,1-2H3,(H,49,50)(H,51,52)/b8-6-,14-12-,19-17-,20-18-,26-24-,32-30-. The maximum Gasteiger partial charge on any atom is 0.472 e. The lowest BCUT2D eigenvalue weighted by atomic mass is 10.1. The molecule has 0 aliphatic rings. The number of carbonyl (C=O) groups excluding carboxylic acids is 1. The van der Waals surface area contributed by atoms with Gasteiger partial charge in [0.05, 0.1) is 19.8 Å². The summed E-state index contributed by atoms with van der Waals surface area (Å²) < 4.78 is 33.3. The number of unbranched alkanes of at least 4 members (excludes halogenated alkanes) is 15. The van der Waals surface area contributed by atoms with Crippen molar-refractivity contribution in [2.75, 3.05) is 26.4 Å². The Morgan fingerprint density at radius 2 is 1.02 bits per heavy atom. The lowest BCUT2D eigenvalue weighted by Gasteiger charge is -2.20. The van der Waals surface area contributed by atoms with Gasteiger partial charge in [-0.1, -0.05) is 157 Å². The number of aliphatic carboxylic acids is 1. The van der Waals surface area contributed by atoms with Crippen LogP contribution in [0.4, 0.5) is 0 Å². The second-order valence-corrected chi connectivity index (χ2v) is 15.9. The number of phosphoric acid groups is 1. The first kappa shape index (κ1) is 54.4. The van der Waals surface area contributed by atoms with Crippen molar-refractivity contribution in [2.24, 2.45) is 5.73 Å². The summed E-state index contributed by atoms with van der Waals surface area (Å²) in [5.74, 6) is -1.85. The Bertz CT molecular complexity index is 1180. The van der Waals surface area contributed by atoms with Gasteiger partial charge in [0.15, 0.2) is 0 Å². The van der Waals surface area contributed by atoms with Gasteiger partial charge in [0, 0.05) is 13.0 Å². The molecule has 0 aromatic heterocycles. The van der Waals surface area contributed by atoms with Crippen molar-refractivity contribution in [1.82, 2.24) is 0 Å². The van der Waals surface area contributed by atoms with E-state index in [1.165, 1.54) is 83.5 Å². The zero-order valence-electron chi connectivity index (χ0n) is 35.7. The zero-order chi connectivity index (χ0) is 41.9. The van der Waals surface area contributed by atoms with E-state index < -0.39 is 45.1 Å². The van der Waals surface area contributed by atoms with Gasteiger partial charge in [-0.2, -0.15) is 0 Å². The normalized spacial score (nSPS) is 14.6. The first-order valence-corrected chi connectivity index (χ1v) is 23.5. The highest BCUT2D eigenvalue weighted by Gasteiger charge is 2.27. The Morgan fingerprint density at radius 1 is 0.579 bits per heavy atom. The highest BCUT2D eigenvalue weighted by molar-refractivity contribution is 7.47. The third-order valence-corrected chi connectivity index (χ3v) is 9.92. The fourth-order valence-electron chi connectivity index (χ4n) is 5.57. The predicted octanol–water partition coefficient (Wildman–Crippen LogP) is 12.2. The van der Waals surface area contributed by atoms with Gasteiger partial charge in [0.25, 0.3) is 0 Å². The van der Waals surface area contributed by atoms with Crippen LogP contribution in [0.3, 0.4) is 0 Å². The minimum absolute atomic E-state index is 0.0114. The van der Waals surface area contributed by atoms with Crippen molar-refractivity contribution in [3.05, 3.63) is 72.9 Å². The number of carbonyl (C=O) groups is 2. The van der Waals surface area contributed by atoms with Crippen LogP contribution in [0.15, 0.2) is 72.9 Å². The van der Waals surface area contributed by atoms with Crippen LogP contribution >= 0.6 is 7.82 Å². The fraction of sp³-hybridized carbons (Fsp3) is 0.696. The summed E-state index contributed by atoms with van der Waals surface area (Å²) >= 11 is 0. The molecule has 0 aliphatic carbocycles. The molecule has 0 saturated carbocycles. The van der Waals surface area contributed by atoms with Crippen LogP contribution in [-0.4, -0.2) is 60.5 Å². The molecule has 0 aromatic rings. The average molecular weight is 822 g/mol. The Kier molecular flexibility index (Phi) is 39.7. The van der Waals surface area contributed by atoms with Crippen LogP contribution in [0.25, 0.3) is 0 Å². The molecule has 0 aromatic carbocycles. The molecule has 3 unspecified atom stereocenters. The molecule has 57 heavy (non-hydrogen) atoms. The molecule has 0 spiro atoms. The van der Waals surface area contributed by atoms with Crippen molar-refractivity contribution in [3.8, 4) is 0 Å². The maximum absolute atomic E-state index is 12.6. The number of ether oxygens (including phenoxy) is 2. The van der Waals surface area contributed by atoms with Crippen LogP contribution < -0.4 is 5.73 Å². The number of rotatable bonds is 41. The summed E-state index contributed by atoms with van der Waals surface area (Å²) in [6, 6.07) is -1.49. The Labute approximate surface area is 346 Å². The van der Waals surface area contributed by atoms with Crippen molar-refractivity contribution >= 4 is 19.8 Å². The largest absolute Gasteiger partial charge is 0.480 e. The van der Waals surface area contributed by atoms with Gasteiger partial charge in [-0.15, -0.1) is 0 Å². The Hall–Kier alpha value is -2.59. The molecule has 0 bridgehead atoms. The molecule has 0 heterocycles. The third-order valence-electron chi connectivity index (χ3n) is 8.97. The van der Waals surface area contributed by atoms with Crippen LogP contribution in [0.1, 0.15) is 168 Å². The molecule has 0 amide bonds. The Balaban J connectivity index is 4.34. The van der Waals surface area contributed by atoms with Crippen molar-refractivity contribution in [1.29, 1.82) is 0 Å². The van der Waals surface area contributed by atoms with E-state index in [4.69, 9.17) is 29.4 Å². The summed E-state index contributed by atoms with van der Waals surface area (Å²) in [4.78, 5) is 33.5. The second kappa shape index (κ2) is 41.6. The molecule has 0 rings (SSSR count). The van der Waals surface area contributed by atoms with Gasteiger partial charge in [-0.05, 0) is 77.0 Å². The molecule has 0 fully saturated rings. The number of esters is 1. The number of nitrogens with two attached hydrogens (primary N) is 1. The predicted molar refractivity (Wildman–Crippen MR) is 235 cm³/mol. The summed E-state index contributed by atoms with van der Waals surface area (Å²) in [7, 11) is -4.64. The summed E-state index contributed by atoms with van der Waals surface area (Å²) in [5.41, 5.74) is 5.35. The van der Waals surface area contributed by atoms with Crippen LogP contribution in [-0.2, 0) is 32.7 Å². The monoisotopic (exact) mass is 822 g/mol. The molecule has 11 heteroatoms. The number of phosphoric ester groups is 1. The molecule has 0 saturated heterocycles. The molecule has 4 N–H and O–H groups in total. The molecule has 0 radical (unpaired) electrons. The smallest absolute Gasteiger partial charge is 0.472 e. The van der Waals surface area contributed by atoms with E-state index in [0.29, 0.717) is 19.4 Å². The molecule has 328 valence electrons. The lowest BCUT2D eigenvalue weighted by molar-refractivity contribution is -0.154. The number of carboxylic acid groups (broad SMARTS) is 1. The van der Waals surface area contributed by atoms with Gasteiger partial charge in [-0.25, -0.2) is 4.57 Å². The quantitative estimate of drug-likeness (QED) is 0.0235. The summed E-state index contributed by atoms with van der Waals surface area (Å²) in [6.45, 7) is 3.67. The minimum atomic E-state index is -4.64. The number of hydrogen-bond acceptors (Lipinski definition) is 8. The molecular weight excluding hydrogens is 741 g/mol. The maximum atomic E-state index is 12.6. The van der Waals surface area contributed by atoms with Gasteiger partial charge < -0.3 is 25.2 Å². The summed E-state index contributed by atoms with van der Waals surface area (Å²) in [6.07, 6.45) is 51.0. The van der Waals surface area contributed by atoms with Crippen molar-refractivity contribution in [3.63, 3.8) is 0 Å². The van der Waals surface area contributed by atoms with E-state index in [0.717, 1.165) is 51.4 Å². The average Bonchev–Trinajstić information content (AvgIpc) is 3.19. The van der Waals surface area contributed by atoms with Gasteiger partial charge in [0.2, 0.25) is 0 Å². The first-order valence-electron chi connectivity index (χ1n) is 22.0. The van der Waals surface area contributed by atoms with Gasteiger partial charge >= 0.3 is 19.8 Å². The van der Waals surface area contributed by atoms with Crippen molar-refractivity contribution in [2.45, 2.75) is 180 Å². The summed E-state index contributed by atoms with van der Waals surface area (Å²) in [5, 5.41) is 8.90. The number of allylic oxidation sites excluding steroid dienone is 12. The van der Waals surface area contributed by atoms with Crippen LogP contribution in [0, 0.1) is 0 Å². The molecule has 0 aliphatic heterocycles. The highest BCUT2D eigenvalue weighted by atomic mass is 31.2. The Morgan fingerprint density at radius 3 is 1.54 bits per heavy atom. The van der Waals surface area contributed by atoms with E-state index in [1.54, 1.807) is 0 Å². The molecular formula is C46H80NO9P. The zero-order valence-corrected chi connectivity index (χ0v) is 36.6. The first-order chi connectivity index (χ1) is 27.7. The lowest BCUT2D eigenvalue weighted by Crippen LogP contribution is -2.34. The van der Waals surface area contributed by atoms with Gasteiger partial charge in [0.1, 0.15) is 12.1 Å². The van der Waals surface area contributed by atoms with Crippen LogP contribution in [0.5, 0.6) is 0 Å². The van der Waals surface area contributed by atoms with E-state index in [-0.39, 0.29) is 13.0 Å². The topological polar surface area (TPSA) is 155 Å². The van der Waals surface area contributed by atoms with E-state index in [9.17, 15) is 19.0 Å². The molecule has 3 atom stereocenters.